The second kappa shape index (κ2) is 2.57. The van der Waals surface area contributed by atoms with Crippen molar-refractivity contribution in [3.05, 3.63) is 28.0 Å². The van der Waals surface area contributed by atoms with Gasteiger partial charge in [-0.2, -0.15) is 0 Å². The van der Waals surface area contributed by atoms with Gasteiger partial charge >= 0.3 is 0 Å². The van der Waals surface area contributed by atoms with E-state index in [2.05, 4.69) is 21.2 Å². The van der Waals surface area contributed by atoms with Gasteiger partial charge in [0.1, 0.15) is 5.82 Å². The molecular formula is C10H7BrFNO. The molecule has 1 saturated carbocycles. The molecule has 2 atom stereocenters. The fraction of sp³-hybridized carbons (Fsp3) is 0.300. The number of halogens is 2. The Hall–Kier alpha value is -0.900. The van der Waals surface area contributed by atoms with E-state index >= 15 is 0 Å². The van der Waals surface area contributed by atoms with Crippen LogP contribution in [0.3, 0.4) is 0 Å². The van der Waals surface area contributed by atoms with Crippen LogP contribution in [0.5, 0.6) is 0 Å². The minimum absolute atomic E-state index is 0.00583. The molecule has 72 valence electrons. The average Bonchev–Trinajstić information content (AvgIpc) is 2.91. The van der Waals surface area contributed by atoms with Crippen LogP contribution in [-0.4, -0.2) is 5.91 Å². The normalized spacial score (nSPS) is 27.7. The Morgan fingerprint density at radius 3 is 3.00 bits per heavy atom. The lowest BCUT2D eigenvalue weighted by molar-refractivity contribution is -0.117. The first-order chi connectivity index (χ1) is 6.68. The highest BCUT2D eigenvalue weighted by Gasteiger charge is 2.49. The van der Waals surface area contributed by atoms with E-state index in [1.807, 2.05) is 0 Å². The first-order valence-electron chi connectivity index (χ1n) is 4.47. The Kier molecular flexibility index (Phi) is 1.54. The molecule has 0 spiro atoms. The Morgan fingerprint density at radius 1 is 1.43 bits per heavy atom. The van der Waals surface area contributed by atoms with Crippen molar-refractivity contribution in [3.8, 4) is 0 Å². The zero-order valence-electron chi connectivity index (χ0n) is 7.18. The minimum Gasteiger partial charge on any atom is -0.325 e. The van der Waals surface area contributed by atoms with E-state index in [0.29, 0.717) is 15.7 Å². The van der Waals surface area contributed by atoms with Gasteiger partial charge in [-0.25, -0.2) is 4.39 Å². The molecule has 1 heterocycles. The number of carbonyl (C=O) groups is 1. The van der Waals surface area contributed by atoms with Crippen molar-refractivity contribution < 1.29 is 9.18 Å². The van der Waals surface area contributed by atoms with Crippen molar-refractivity contribution in [1.82, 2.24) is 0 Å². The number of fused-ring (bicyclic) bond motifs is 3. The first kappa shape index (κ1) is 8.41. The van der Waals surface area contributed by atoms with Crippen molar-refractivity contribution in [2.24, 2.45) is 5.92 Å². The van der Waals surface area contributed by atoms with Gasteiger partial charge in [0.05, 0.1) is 4.47 Å². The lowest BCUT2D eigenvalue weighted by Crippen LogP contribution is -2.20. The van der Waals surface area contributed by atoms with E-state index in [-0.39, 0.29) is 23.6 Å². The molecule has 1 aromatic rings. The number of carbonyl (C=O) groups excluding carboxylic acids is 1. The van der Waals surface area contributed by atoms with Crippen molar-refractivity contribution in [2.75, 3.05) is 5.32 Å². The number of nitrogens with one attached hydrogen (secondary N) is 1. The van der Waals surface area contributed by atoms with Gasteiger partial charge in [0.25, 0.3) is 0 Å². The number of amides is 1. The van der Waals surface area contributed by atoms with Crippen LogP contribution in [-0.2, 0) is 4.79 Å². The highest BCUT2D eigenvalue weighted by Crippen LogP contribution is 2.54. The summed E-state index contributed by atoms with van der Waals surface area (Å²) < 4.78 is 14.2. The number of hydrogen-bond acceptors (Lipinski definition) is 1. The van der Waals surface area contributed by atoms with E-state index in [1.165, 1.54) is 0 Å². The number of hydrogen-bond donors (Lipinski definition) is 1. The summed E-state index contributed by atoms with van der Waals surface area (Å²) >= 11 is 3.15. The second-order valence-electron chi connectivity index (χ2n) is 3.76. The summed E-state index contributed by atoms with van der Waals surface area (Å²) in [6.45, 7) is 0. The predicted octanol–water partition coefficient (Wildman–Crippen LogP) is 2.64. The van der Waals surface area contributed by atoms with Crippen LogP contribution in [0.15, 0.2) is 16.6 Å². The molecule has 14 heavy (non-hydrogen) atoms. The van der Waals surface area contributed by atoms with Crippen LogP contribution in [0, 0.1) is 11.7 Å². The van der Waals surface area contributed by atoms with Crippen LogP contribution in [0.2, 0.25) is 0 Å². The summed E-state index contributed by atoms with van der Waals surface area (Å²) in [5.74, 6) is -0.0817. The minimum atomic E-state index is -0.227. The smallest absolute Gasteiger partial charge is 0.228 e. The summed E-state index contributed by atoms with van der Waals surface area (Å²) in [4.78, 5) is 11.3. The predicted molar refractivity (Wildman–Crippen MR) is 53.6 cm³/mol. The summed E-state index contributed by atoms with van der Waals surface area (Å²) in [6, 6.07) is 3.37. The van der Waals surface area contributed by atoms with Gasteiger partial charge in [-0.3, -0.25) is 4.79 Å². The monoisotopic (exact) mass is 255 g/mol. The molecule has 2 unspecified atom stereocenters. The van der Waals surface area contributed by atoms with Crippen molar-refractivity contribution in [3.63, 3.8) is 0 Å². The Bertz CT molecular complexity index is 446. The lowest BCUT2D eigenvalue weighted by atomic mass is 10.0. The average molecular weight is 256 g/mol. The van der Waals surface area contributed by atoms with Crippen LogP contribution >= 0.6 is 15.9 Å². The molecule has 1 amide bonds. The number of rotatable bonds is 0. The lowest BCUT2D eigenvalue weighted by Gasteiger charge is -2.17. The molecule has 2 nitrogen and oxygen atoms in total. The fourth-order valence-corrected chi connectivity index (χ4v) is 2.41. The maximum absolute atomic E-state index is 13.7. The molecule has 2 aliphatic rings. The summed E-state index contributed by atoms with van der Waals surface area (Å²) in [5.41, 5.74) is 1.30. The van der Waals surface area contributed by atoms with E-state index < -0.39 is 0 Å². The Morgan fingerprint density at radius 2 is 2.21 bits per heavy atom. The third-order valence-corrected chi connectivity index (χ3v) is 3.50. The van der Waals surface area contributed by atoms with Gasteiger partial charge in [-0.05, 0) is 34.5 Å². The van der Waals surface area contributed by atoms with E-state index in [4.69, 9.17) is 0 Å². The van der Waals surface area contributed by atoms with Crippen LogP contribution < -0.4 is 5.32 Å². The topological polar surface area (TPSA) is 29.1 Å². The first-order valence-corrected chi connectivity index (χ1v) is 5.26. The SMILES string of the molecule is O=C1Nc2ccc(Br)c(F)c2C2CC12. The van der Waals surface area contributed by atoms with Crippen molar-refractivity contribution in [2.45, 2.75) is 12.3 Å². The third kappa shape index (κ3) is 0.974. The molecule has 0 saturated heterocycles. The van der Waals surface area contributed by atoms with E-state index in [9.17, 15) is 9.18 Å². The quantitative estimate of drug-likeness (QED) is 0.759. The zero-order chi connectivity index (χ0) is 9.87. The third-order valence-electron chi connectivity index (χ3n) is 2.89. The Balaban J connectivity index is 2.21. The summed E-state index contributed by atoms with van der Waals surface area (Å²) in [5, 5.41) is 2.72. The van der Waals surface area contributed by atoms with Gasteiger partial charge < -0.3 is 5.32 Å². The molecule has 1 N–H and O–H groups in total. The highest BCUT2D eigenvalue weighted by atomic mass is 79.9. The van der Waals surface area contributed by atoms with Crippen LogP contribution in [0.4, 0.5) is 10.1 Å². The standard InChI is InChI=1S/C10H7BrFNO/c11-6-1-2-7-8(9(6)12)4-3-5(4)10(14)13-7/h1-2,4-5H,3H2,(H,13,14). The van der Waals surface area contributed by atoms with Gasteiger partial charge in [0, 0.05) is 23.1 Å². The van der Waals surface area contributed by atoms with Gasteiger partial charge in [0.2, 0.25) is 5.91 Å². The number of benzene rings is 1. The molecule has 1 aromatic carbocycles. The summed E-state index contributed by atoms with van der Waals surface area (Å²) in [6.07, 6.45) is 0.784. The molecule has 1 aliphatic heterocycles. The zero-order valence-corrected chi connectivity index (χ0v) is 8.77. The molecular weight excluding hydrogens is 249 g/mol. The van der Waals surface area contributed by atoms with Gasteiger partial charge in [-0.15, -0.1) is 0 Å². The Labute approximate surface area is 88.6 Å². The molecule has 0 radical (unpaired) electrons. The molecule has 0 bridgehead atoms. The largest absolute Gasteiger partial charge is 0.325 e. The van der Waals surface area contributed by atoms with E-state index in [1.54, 1.807) is 12.1 Å². The van der Waals surface area contributed by atoms with Gasteiger partial charge in [-0.1, -0.05) is 0 Å². The maximum atomic E-state index is 13.7. The van der Waals surface area contributed by atoms with Crippen molar-refractivity contribution in [1.29, 1.82) is 0 Å². The molecule has 1 aliphatic carbocycles. The molecule has 1 fully saturated rings. The highest BCUT2D eigenvalue weighted by molar-refractivity contribution is 9.10. The van der Waals surface area contributed by atoms with Crippen LogP contribution in [0.25, 0.3) is 0 Å². The molecule has 0 aromatic heterocycles. The van der Waals surface area contributed by atoms with Crippen LogP contribution in [0.1, 0.15) is 17.9 Å². The van der Waals surface area contributed by atoms with Gasteiger partial charge in [0.15, 0.2) is 0 Å². The van der Waals surface area contributed by atoms with E-state index in [0.717, 1.165) is 6.42 Å². The fourth-order valence-electron chi connectivity index (χ4n) is 2.07. The second-order valence-corrected chi connectivity index (χ2v) is 4.61. The maximum Gasteiger partial charge on any atom is 0.228 e. The van der Waals surface area contributed by atoms with Crippen molar-refractivity contribution >= 4 is 27.5 Å². The molecule has 4 heteroatoms. The molecule has 3 rings (SSSR count). The summed E-state index contributed by atoms with van der Waals surface area (Å²) in [7, 11) is 0. The number of anilines is 1.